The highest BCUT2D eigenvalue weighted by Crippen LogP contribution is 2.33. The number of halogens is 4. The number of nitrogens with one attached hydrogen (secondary N) is 1. The van der Waals surface area contributed by atoms with Gasteiger partial charge in [-0.2, -0.15) is 0 Å². The second kappa shape index (κ2) is 6.60. The van der Waals surface area contributed by atoms with E-state index in [2.05, 4.69) is 53.1 Å². The molecule has 1 amide bonds. The zero-order chi connectivity index (χ0) is 14.9. The van der Waals surface area contributed by atoms with Crippen molar-refractivity contribution in [1.29, 1.82) is 0 Å². The smallest absolute Gasteiger partial charge is 0.255 e. The maximum atomic E-state index is 12.2. The van der Waals surface area contributed by atoms with Gasteiger partial charge in [0.25, 0.3) is 5.91 Å². The van der Waals surface area contributed by atoms with Crippen molar-refractivity contribution in [3.63, 3.8) is 0 Å². The van der Waals surface area contributed by atoms with Gasteiger partial charge in [0.15, 0.2) is 0 Å². The Labute approximate surface area is 147 Å². The molecule has 2 rings (SSSR count). The molecule has 1 N–H and O–H groups in total. The Morgan fingerprint density at radius 3 is 2.20 bits per heavy atom. The molecule has 0 saturated heterocycles. The second-order valence-corrected chi connectivity index (χ2v) is 7.16. The van der Waals surface area contributed by atoms with E-state index >= 15 is 0 Å². The Bertz CT molecular complexity index is 665. The third-order valence-electron chi connectivity index (χ3n) is 2.61. The molecule has 0 atom stereocenters. The molecule has 2 nitrogen and oxygen atoms in total. The number of hydrogen-bond acceptors (Lipinski definition) is 1. The van der Waals surface area contributed by atoms with Gasteiger partial charge in [-0.3, -0.25) is 4.79 Å². The van der Waals surface area contributed by atoms with Crippen LogP contribution in [0.5, 0.6) is 0 Å². The van der Waals surface area contributed by atoms with E-state index in [-0.39, 0.29) is 5.91 Å². The van der Waals surface area contributed by atoms with Gasteiger partial charge in [0.2, 0.25) is 0 Å². The largest absolute Gasteiger partial charge is 0.320 e. The van der Waals surface area contributed by atoms with Crippen LogP contribution >= 0.6 is 59.4 Å². The van der Waals surface area contributed by atoms with Crippen molar-refractivity contribution in [1.82, 2.24) is 0 Å². The van der Waals surface area contributed by atoms with Gasteiger partial charge in [0, 0.05) is 19.0 Å². The SMILES string of the molecule is Cc1cc(Br)c(NC(=O)c2ccc(Br)c(Cl)c2)c(Br)c1. The number of benzene rings is 2. The summed E-state index contributed by atoms with van der Waals surface area (Å²) in [5, 5.41) is 3.36. The fourth-order valence-corrected chi connectivity index (χ4v) is 3.68. The molecule has 0 bridgehead atoms. The zero-order valence-corrected chi connectivity index (χ0v) is 15.8. The second-order valence-electron chi connectivity index (χ2n) is 4.19. The maximum absolute atomic E-state index is 12.2. The van der Waals surface area contributed by atoms with Crippen LogP contribution in [0.15, 0.2) is 43.7 Å². The number of aryl methyl sites for hydroxylation is 1. The van der Waals surface area contributed by atoms with Crippen LogP contribution in [0.4, 0.5) is 5.69 Å². The predicted octanol–water partition coefficient (Wildman–Crippen LogP) is 6.19. The molecule has 104 valence electrons. The third-order valence-corrected chi connectivity index (χ3v) is 5.09. The molecule has 0 unspecified atom stereocenters. The normalized spacial score (nSPS) is 10.4. The van der Waals surface area contributed by atoms with Gasteiger partial charge in [-0.15, -0.1) is 0 Å². The summed E-state index contributed by atoms with van der Waals surface area (Å²) in [4.78, 5) is 12.2. The number of amides is 1. The van der Waals surface area contributed by atoms with Crippen molar-refractivity contribution in [3.8, 4) is 0 Å². The van der Waals surface area contributed by atoms with E-state index < -0.39 is 0 Å². The van der Waals surface area contributed by atoms with E-state index in [4.69, 9.17) is 11.6 Å². The Kier molecular flexibility index (Phi) is 5.29. The summed E-state index contributed by atoms with van der Waals surface area (Å²) in [6, 6.07) is 8.96. The number of carbonyl (C=O) groups is 1. The Balaban J connectivity index is 2.30. The molecule has 0 spiro atoms. The number of anilines is 1. The van der Waals surface area contributed by atoms with Crippen molar-refractivity contribution in [2.45, 2.75) is 6.92 Å². The zero-order valence-electron chi connectivity index (χ0n) is 10.3. The van der Waals surface area contributed by atoms with Gasteiger partial charge in [0.05, 0.1) is 10.7 Å². The summed E-state index contributed by atoms with van der Waals surface area (Å²) in [6.07, 6.45) is 0. The van der Waals surface area contributed by atoms with Gasteiger partial charge in [0.1, 0.15) is 0 Å². The van der Waals surface area contributed by atoms with Crippen molar-refractivity contribution < 1.29 is 4.79 Å². The first-order valence-corrected chi connectivity index (χ1v) is 8.36. The van der Waals surface area contributed by atoms with Crippen molar-refractivity contribution in [2.75, 3.05) is 5.32 Å². The fourth-order valence-electron chi connectivity index (χ4n) is 1.64. The molecular weight excluding hydrogens is 473 g/mol. The van der Waals surface area contributed by atoms with Crippen molar-refractivity contribution >= 4 is 71.0 Å². The minimum absolute atomic E-state index is 0.218. The number of rotatable bonds is 2. The minimum Gasteiger partial charge on any atom is -0.320 e. The summed E-state index contributed by atoms with van der Waals surface area (Å²) >= 11 is 16.2. The van der Waals surface area contributed by atoms with Crippen LogP contribution in [-0.4, -0.2) is 5.91 Å². The number of hydrogen-bond donors (Lipinski definition) is 1. The van der Waals surface area contributed by atoms with Gasteiger partial charge in [-0.1, -0.05) is 11.6 Å². The fraction of sp³-hybridized carbons (Fsp3) is 0.0714. The number of carbonyl (C=O) groups excluding carboxylic acids is 1. The molecule has 6 heteroatoms. The summed E-state index contributed by atoms with van der Waals surface area (Å²) < 4.78 is 2.40. The van der Waals surface area contributed by atoms with Gasteiger partial charge >= 0.3 is 0 Å². The molecule has 2 aromatic rings. The molecule has 0 heterocycles. The van der Waals surface area contributed by atoms with E-state index in [0.29, 0.717) is 16.3 Å². The first-order valence-electron chi connectivity index (χ1n) is 5.60. The van der Waals surface area contributed by atoms with Gasteiger partial charge < -0.3 is 5.32 Å². The van der Waals surface area contributed by atoms with Crippen LogP contribution in [0, 0.1) is 6.92 Å². The van der Waals surface area contributed by atoms with Crippen molar-refractivity contribution in [2.24, 2.45) is 0 Å². The lowest BCUT2D eigenvalue weighted by molar-refractivity contribution is 0.102. The predicted molar refractivity (Wildman–Crippen MR) is 93.7 cm³/mol. The molecule has 20 heavy (non-hydrogen) atoms. The average Bonchev–Trinajstić information content (AvgIpc) is 2.36. The van der Waals surface area contributed by atoms with E-state index in [9.17, 15) is 4.79 Å². The van der Waals surface area contributed by atoms with Crippen LogP contribution in [0.25, 0.3) is 0 Å². The standard InChI is InChI=1S/C14H9Br3ClNO/c1-7-4-10(16)13(11(17)5-7)19-14(20)8-2-3-9(15)12(18)6-8/h2-6H,1H3,(H,19,20). The third kappa shape index (κ3) is 3.64. The van der Waals surface area contributed by atoms with Crippen molar-refractivity contribution in [3.05, 3.63) is 59.9 Å². The van der Waals surface area contributed by atoms with E-state index in [1.54, 1.807) is 18.2 Å². The molecule has 2 aromatic carbocycles. The summed E-state index contributed by atoms with van der Waals surface area (Å²) in [5.41, 5.74) is 2.28. The van der Waals surface area contributed by atoms with E-state index in [1.807, 2.05) is 19.1 Å². The average molecular weight is 482 g/mol. The van der Waals surface area contributed by atoms with Crippen LogP contribution in [0.2, 0.25) is 5.02 Å². The van der Waals surface area contributed by atoms with E-state index in [1.165, 1.54) is 0 Å². The van der Waals surface area contributed by atoms with Crippen LogP contribution in [0.1, 0.15) is 15.9 Å². The Hall–Kier alpha value is -0.360. The molecule has 0 aliphatic carbocycles. The van der Waals surface area contributed by atoms with Gasteiger partial charge in [-0.05, 0) is 90.6 Å². The first-order chi connectivity index (χ1) is 9.38. The quantitative estimate of drug-likeness (QED) is 0.544. The van der Waals surface area contributed by atoms with Crippen LogP contribution in [-0.2, 0) is 0 Å². The summed E-state index contributed by atoms with van der Waals surface area (Å²) in [6.45, 7) is 1.98. The molecule has 0 radical (unpaired) electrons. The van der Waals surface area contributed by atoms with Gasteiger partial charge in [-0.25, -0.2) is 0 Å². The van der Waals surface area contributed by atoms with E-state index in [0.717, 1.165) is 19.0 Å². The maximum Gasteiger partial charge on any atom is 0.255 e. The molecule has 0 saturated carbocycles. The monoisotopic (exact) mass is 479 g/mol. The molecule has 0 aliphatic rings. The highest BCUT2D eigenvalue weighted by atomic mass is 79.9. The molecule has 0 aromatic heterocycles. The molecule has 0 fully saturated rings. The lowest BCUT2D eigenvalue weighted by Gasteiger charge is -2.11. The first kappa shape index (κ1) is 16.0. The highest BCUT2D eigenvalue weighted by molar-refractivity contribution is 9.11. The summed E-state index contributed by atoms with van der Waals surface area (Å²) in [5.74, 6) is -0.218. The van der Waals surface area contributed by atoms with Crippen LogP contribution in [0.3, 0.4) is 0 Å². The molecule has 0 aliphatic heterocycles. The molecular formula is C14H9Br3ClNO. The lowest BCUT2D eigenvalue weighted by atomic mass is 10.2. The topological polar surface area (TPSA) is 29.1 Å². The summed E-state index contributed by atoms with van der Waals surface area (Å²) in [7, 11) is 0. The Morgan fingerprint density at radius 2 is 1.65 bits per heavy atom. The Morgan fingerprint density at radius 1 is 1.05 bits per heavy atom. The highest BCUT2D eigenvalue weighted by Gasteiger charge is 2.12. The van der Waals surface area contributed by atoms with Crippen LogP contribution < -0.4 is 5.32 Å². The minimum atomic E-state index is -0.218. The lowest BCUT2D eigenvalue weighted by Crippen LogP contribution is -2.12.